The van der Waals surface area contributed by atoms with Gasteiger partial charge in [0.1, 0.15) is 17.5 Å². The first-order chi connectivity index (χ1) is 18.5. The highest BCUT2D eigenvalue weighted by Gasteiger charge is 2.39. The number of aromatic nitrogens is 4. The van der Waals surface area contributed by atoms with E-state index in [-0.39, 0.29) is 30.6 Å². The third kappa shape index (κ3) is 9.19. The molecule has 4 rings (SSSR count). The number of hydrogen-bond acceptors (Lipinski definition) is 8. The second-order valence-electron chi connectivity index (χ2n) is 7.49. The Bertz CT molecular complexity index is 1350. The molecule has 4 heterocycles. The van der Waals surface area contributed by atoms with Crippen LogP contribution in [0.3, 0.4) is 0 Å². The van der Waals surface area contributed by atoms with E-state index in [0.29, 0.717) is 5.88 Å². The molecule has 0 radical (unpaired) electrons. The Kier molecular flexibility index (Phi) is 10.5. The summed E-state index contributed by atoms with van der Waals surface area (Å²) in [5.74, 6) is -5.02. The molecule has 40 heavy (non-hydrogen) atoms. The molecular formula is C21H19F6N5O7S. The molecule has 0 saturated heterocycles. The third-order valence-electron chi connectivity index (χ3n) is 4.67. The van der Waals surface area contributed by atoms with Gasteiger partial charge in [0.15, 0.2) is 0 Å². The Labute approximate surface area is 221 Å². The van der Waals surface area contributed by atoms with Gasteiger partial charge in [-0.1, -0.05) is 6.07 Å². The molecule has 12 nitrogen and oxygen atoms in total. The average Bonchev–Trinajstić information content (AvgIpc) is 3.37. The Morgan fingerprint density at radius 1 is 0.950 bits per heavy atom. The fourth-order valence-electron chi connectivity index (χ4n) is 2.92. The van der Waals surface area contributed by atoms with Gasteiger partial charge in [-0.3, -0.25) is 9.67 Å². The van der Waals surface area contributed by atoms with Gasteiger partial charge in [0.2, 0.25) is 15.9 Å². The molecule has 0 amide bonds. The number of halogens is 6. The quantitative estimate of drug-likeness (QED) is 0.417. The van der Waals surface area contributed by atoms with Gasteiger partial charge in [0.05, 0.1) is 12.2 Å². The molecule has 0 aliphatic carbocycles. The summed E-state index contributed by atoms with van der Waals surface area (Å²) in [6.07, 6.45) is -3.94. The number of nitrogens with zero attached hydrogens (tertiary/aromatic N) is 5. The van der Waals surface area contributed by atoms with Crippen LogP contribution in [0.2, 0.25) is 0 Å². The minimum absolute atomic E-state index is 0.178. The van der Waals surface area contributed by atoms with Gasteiger partial charge in [0, 0.05) is 37.4 Å². The van der Waals surface area contributed by atoms with Crippen molar-refractivity contribution in [2.45, 2.75) is 29.8 Å². The fourth-order valence-corrected chi connectivity index (χ4v) is 4.34. The van der Waals surface area contributed by atoms with Gasteiger partial charge >= 0.3 is 24.3 Å². The molecule has 1 atom stereocenters. The largest absolute Gasteiger partial charge is 0.490 e. The molecule has 0 spiro atoms. The summed E-state index contributed by atoms with van der Waals surface area (Å²) in [5.41, 5.74) is 0.818. The number of fused-ring (bicyclic) bond motifs is 1. The molecule has 1 unspecified atom stereocenters. The molecular weight excluding hydrogens is 580 g/mol. The van der Waals surface area contributed by atoms with Crippen LogP contribution < -0.4 is 4.74 Å². The van der Waals surface area contributed by atoms with E-state index in [1.807, 2.05) is 16.8 Å². The van der Waals surface area contributed by atoms with Crippen LogP contribution in [0.15, 0.2) is 66.1 Å². The lowest BCUT2D eigenvalue weighted by molar-refractivity contribution is -0.193. The second kappa shape index (κ2) is 13.2. The van der Waals surface area contributed by atoms with Crippen LogP contribution in [0.4, 0.5) is 26.3 Å². The van der Waals surface area contributed by atoms with Crippen molar-refractivity contribution in [1.29, 1.82) is 0 Å². The highest BCUT2D eigenvalue weighted by molar-refractivity contribution is 7.89. The number of carboxylic acids is 2. The van der Waals surface area contributed by atoms with Crippen molar-refractivity contribution in [3.63, 3.8) is 0 Å². The maximum Gasteiger partial charge on any atom is 0.490 e. The van der Waals surface area contributed by atoms with Crippen molar-refractivity contribution < 1.29 is 59.3 Å². The predicted octanol–water partition coefficient (Wildman–Crippen LogP) is 2.76. The predicted molar refractivity (Wildman–Crippen MR) is 120 cm³/mol. The lowest BCUT2D eigenvalue weighted by Crippen LogP contribution is -2.43. The van der Waals surface area contributed by atoms with Crippen LogP contribution in [-0.4, -0.2) is 80.1 Å². The monoisotopic (exact) mass is 599 g/mol. The van der Waals surface area contributed by atoms with Crippen LogP contribution in [0.25, 0.3) is 0 Å². The van der Waals surface area contributed by atoms with E-state index in [0.717, 1.165) is 5.69 Å². The molecule has 3 aromatic heterocycles. The first-order valence-corrected chi connectivity index (χ1v) is 12.0. The van der Waals surface area contributed by atoms with Gasteiger partial charge in [0.25, 0.3) is 0 Å². The molecule has 0 saturated carbocycles. The number of ether oxygens (including phenoxy) is 1. The highest BCUT2D eigenvalue weighted by atomic mass is 32.2. The van der Waals surface area contributed by atoms with E-state index >= 15 is 0 Å². The summed E-state index contributed by atoms with van der Waals surface area (Å²) in [6.45, 7) is 0.792. The van der Waals surface area contributed by atoms with Crippen LogP contribution in [-0.2, 0) is 26.2 Å². The molecule has 0 fully saturated rings. The topological polar surface area (TPSA) is 165 Å². The summed E-state index contributed by atoms with van der Waals surface area (Å²) < 4.78 is 98.3. The number of alkyl halides is 6. The smallest absolute Gasteiger partial charge is 0.475 e. The Morgan fingerprint density at radius 2 is 1.57 bits per heavy atom. The van der Waals surface area contributed by atoms with E-state index in [1.165, 1.54) is 10.5 Å². The van der Waals surface area contributed by atoms with E-state index in [4.69, 9.17) is 24.5 Å². The fraction of sp³-hybridized carbons (Fsp3) is 0.286. The van der Waals surface area contributed by atoms with Gasteiger partial charge in [-0.25, -0.2) is 23.0 Å². The summed E-state index contributed by atoms with van der Waals surface area (Å²) in [6, 6.07) is 10.1. The Balaban J connectivity index is 0.000000333. The van der Waals surface area contributed by atoms with Crippen molar-refractivity contribution in [2.24, 2.45) is 0 Å². The minimum Gasteiger partial charge on any atom is -0.475 e. The van der Waals surface area contributed by atoms with E-state index in [1.54, 1.807) is 42.9 Å². The number of hydrogen-bond donors (Lipinski definition) is 2. The van der Waals surface area contributed by atoms with E-state index in [9.17, 15) is 34.8 Å². The second-order valence-corrected chi connectivity index (χ2v) is 9.43. The molecule has 2 N–H and O–H groups in total. The van der Waals surface area contributed by atoms with E-state index < -0.39 is 34.3 Å². The molecule has 3 aromatic rings. The number of sulfonamides is 1. The zero-order chi connectivity index (χ0) is 30.1. The lowest BCUT2D eigenvalue weighted by Gasteiger charge is -2.32. The molecule has 0 bridgehead atoms. The normalized spacial score (nSPS) is 15.4. The summed E-state index contributed by atoms with van der Waals surface area (Å²) in [4.78, 5) is 26.0. The van der Waals surface area contributed by atoms with Gasteiger partial charge < -0.3 is 14.9 Å². The van der Waals surface area contributed by atoms with Gasteiger partial charge in [-0.15, -0.1) is 0 Å². The first kappa shape index (κ1) is 32.0. The SMILES string of the molecule is O=C(O)C(F)(F)F.O=C(O)C(F)(F)F.O=S(=O)(c1cccnc1)N1Cc2ccnn2C(COc2ccccn2)C1. The highest BCUT2D eigenvalue weighted by Crippen LogP contribution is 2.26. The van der Waals surface area contributed by atoms with Crippen LogP contribution >= 0.6 is 0 Å². The third-order valence-corrected chi connectivity index (χ3v) is 6.46. The molecule has 19 heteroatoms. The summed E-state index contributed by atoms with van der Waals surface area (Å²) in [5, 5.41) is 18.6. The maximum atomic E-state index is 12.9. The number of carbonyl (C=O) groups is 2. The summed E-state index contributed by atoms with van der Waals surface area (Å²) in [7, 11) is -3.64. The minimum atomic E-state index is -5.08. The standard InChI is InChI=1S/C17H17N5O3S.2C2HF3O2/c23-26(24,16-4-3-7-18-10-16)21-11-14-6-9-20-22(14)15(12-21)13-25-17-5-1-2-8-19-17;2*3-2(4,5)1(6)7/h1-10,15H,11-13H2;2*(H,6,7). The Hall–Kier alpha value is -4.26. The zero-order valence-corrected chi connectivity index (χ0v) is 20.6. The number of rotatable bonds is 5. The number of pyridine rings is 2. The van der Waals surface area contributed by atoms with Crippen LogP contribution in [0.5, 0.6) is 5.88 Å². The Morgan fingerprint density at radius 3 is 2.08 bits per heavy atom. The molecule has 218 valence electrons. The van der Waals surface area contributed by atoms with E-state index in [2.05, 4.69) is 15.1 Å². The lowest BCUT2D eigenvalue weighted by atomic mass is 10.2. The van der Waals surface area contributed by atoms with Gasteiger partial charge in [-0.2, -0.15) is 35.7 Å². The van der Waals surface area contributed by atoms with Crippen molar-refractivity contribution in [3.8, 4) is 5.88 Å². The van der Waals surface area contributed by atoms with Crippen LogP contribution in [0.1, 0.15) is 11.7 Å². The average molecular weight is 599 g/mol. The molecule has 1 aliphatic heterocycles. The zero-order valence-electron chi connectivity index (χ0n) is 19.8. The summed E-state index contributed by atoms with van der Waals surface area (Å²) >= 11 is 0. The van der Waals surface area contributed by atoms with Crippen molar-refractivity contribution in [1.82, 2.24) is 24.1 Å². The maximum absolute atomic E-state index is 12.9. The van der Waals surface area contributed by atoms with Crippen molar-refractivity contribution in [2.75, 3.05) is 13.2 Å². The molecule has 0 aromatic carbocycles. The van der Waals surface area contributed by atoms with Gasteiger partial charge in [-0.05, 0) is 24.3 Å². The number of aliphatic carboxylic acids is 2. The first-order valence-electron chi connectivity index (χ1n) is 10.6. The molecule has 1 aliphatic rings. The van der Waals surface area contributed by atoms with Crippen molar-refractivity contribution in [3.05, 3.63) is 66.9 Å². The number of carboxylic acid groups (broad SMARTS) is 2. The van der Waals surface area contributed by atoms with Crippen molar-refractivity contribution >= 4 is 22.0 Å². The van der Waals surface area contributed by atoms with Crippen LogP contribution in [0, 0.1) is 0 Å².